The molecule has 0 saturated carbocycles. The van der Waals surface area contributed by atoms with Crippen LogP contribution in [0.1, 0.15) is 36.1 Å². The lowest BCUT2D eigenvalue weighted by atomic mass is 9.91. The molecule has 9 nitrogen and oxygen atoms in total. The fraction of sp³-hybridized carbons (Fsp3) is 0.452. The highest BCUT2D eigenvalue weighted by atomic mass is 19.4. The summed E-state index contributed by atoms with van der Waals surface area (Å²) in [6, 6.07) is 11.3. The molecule has 2 aromatic carbocycles. The Hall–Kier alpha value is -3.90. The lowest BCUT2D eigenvalue weighted by Gasteiger charge is -2.33. The Balaban J connectivity index is 1.42. The number of hydrogen-bond acceptors (Lipinski definition) is 5. The van der Waals surface area contributed by atoms with E-state index in [1.165, 1.54) is 28.0 Å². The molecule has 230 valence electrons. The average molecular weight is 600 g/mol. The molecular weight excluding hydrogens is 563 g/mol. The van der Waals surface area contributed by atoms with E-state index >= 15 is 0 Å². The number of morpholine rings is 1. The fourth-order valence-corrected chi connectivity index (χ4v) is 5.98. The number of amides is 4. The maximum atomic E-state index is 14.1. The first-order valence-electron chi connectivity index (χ1n) is 14.6. The quantitative estimate of drug-likeness (QED) is 0.409. The van der Waals surface area contributed by atoms with E-state index in [2.05, 4.69) is 15.5 Å². The molecule has 12 heteroatoms. The first-order valence-corrected chi connectivity index (χ1v) is 14.6. The van der Waals surface area contributed by atoms with Crippen LogP contribution in [-0.4, -0.2) is 91.1 Å². The number of hydrogen-bond donors (Lipinski definition) is 2. The highest BCUT2D eigenvalue weighted by Crippen LogP contribution is 2.42. The predicted octanol–water partition coefficient (Wildman–Crippen LogP) is 3.34. The van der Waals surface area contributed by atoms with Crippen molar-refractivity contribution in [2.24, 2.45) is 0 Å². The fourth-order valence-electron chi connectivity index (χ4n) is 5.98. The third kappa shape index (κ3) is 6.70. The van der Waals surface area contributed by atoms with Crippen molar-refractivity contribution in [3.63, 3.8) is 0 Å². The van der Waals surface area contributed by atoms with Gasteiger partial charge in [0.25, 0.3) is 5.91 Å². The number of alkyl halides is 3. The van der Waals surface area contributed by atoms with E-state index in [1.807, 2.05) is 30.3 Å². The van der Waals surface area contributed by atoms with E-state index in [4.69, 9.17) is 4.74 Å². The molecule has 0 aromatic heterocycles. The largest absolute Gasteiger partial charge is 0.416 e. The van der Waals surface area contributed by atoms with Gasteiger partial charge in [0.15, 0.2) is 0 Å². The lowest BCUT2D eigenvalue weighted by molar-refractivity contribution is -0.138. The number of nitrogens with zero attached hydrogens (tertiary/aromatic N) is 3. The molecule has 1 saturated heterocycles. The lowest BCUT2D eigenvalue weighted by Crippen LogP contribution is -2.50. The van der Waals surface area contributed by atoms with Gasteiger partial charge < -0.3 is 20.3 Å². The van der Waals surface area contributed by atoms with Crippen molar-refractivity contribution in [1.29, 1.82) is 0 Å². The van der Waals surface area contributed by atoms with Gasteiger partial charge in [-0.3, -0.25) is 19.4 Å². The Morgan fingerprint density at radius 3 is 2.47 bits per heavy atom. The molecular formula is C31H36F3N5O4. The predicted molar refractivity (Wildman–Crippen MR) is 153 cm³/mol. The van der Waals surface area contributed by atoms with Gasteiger partial charge in [0.2, 0.25) is 5.91 Å². The normalized spacial score (nSPS) is 20.2. The van der Waals surface area contributed by atoms with E-state index < -0.39 is 35.8 Å². The van der Waals surface area contributed by atoms with Crippen LogP contribution in [-0.2, 0) is 26.9 Å². The number of urea groups is 1. The van der Waals surface area contributed by atoms with Crippen molar-refractivity contribution < 1.29 is 32.3 Å². The summed E-state index contributed by atoms with van der Waals surface area (Å²) < 4.78 is 47.4. The van der Waals surface area contributed by atoms with Crippen LogP contribution in [0.2, 0.25) is 0 Å². The zero-order chi connectivity index (χ0) is 30.6. The minimum atomic E-state index is -4.69. The molecule has 4 amide bonds. The van der Waals surface area contributed by atoms with Crippen molar-refractivity contribution in [1.82, 2.24) is 25.3 Å². The number of ether oxygens (including phenoxy) is 1. The minimum absolute atomic E-state index is 0.0522. The molecule has 0 bridgehead atoms. The van der Waals surface area contributed by atoms with Crippen molar-refractivity contribution in [3.8, 4) is 0 Å². The second-order valence-electron chi connectivity index (χ2n) is 10.8. The van der Waals surface area contributed by atoms with Crippen molar-refractivity contribution in [2.75, 3.05) is 52.5 Å². The molecule has 0 radical (unpaired) electrons. The van der Waals surface area contributed by atoms with Gasteiger partial charge in [-0.05, 0) is 37.1 Å². The Kier molecular flexibility index (Phi) is 9.36. The number of benzene rings is 2. The Morgan fingerprint density at radius 1 is 1.07 bits per heavy atom. The molecule has 43 heavy (non-hydrogen) atoms. The summed E-state index contributed by atoms with van der Waals surface area (Å²) >= 11 is 0. The summed E-state index contributed by atoms with van der Waals surface area (Å²) in [5.74, 6) is -0.923. The first kappa shape index (κ1) is 30.6. The number of halogens is 3. The molecule has 0 aliphatic carbocycles. The number of rotatable bonds is 10. The van der Waals surface area contributed by atoms with Crippen LogP contribution < -0.4 is 10.6 Å². The summed E-state index contributed by atoms with van der Waals surface area (Å²) in [7, 11) is 0. The van der Waals surface area contributed by atoms with Crippen LogP contribution in [0.25, 0.3) is 0 Å². The SMILES string of the molecule is CCN1C(=O)NC(c2ccccc2C(F)(F)F)C2=C1CN(C(Cc1ccccc1)C(=O)NCCCN1CCOCC1)C2=O. The van der Waals surface area contributed by atoms with Gasteiger partial charge >= 0.3 is 12.2 Å². The molecule has 0 spiro atoms. The summed E-state index contributed by atoms with van der Waals surface area (Å²) in [6.45, 7) is 6.10. The molecule has 2 atom stereocenters. The summed E-state index contributed by atoms with van der Waals surface area (Å²) in [6.07, 6.45) is -3.77. The molecule has 3 aliphatic heterocycles. The Labute approximate surface area is 248 Å². The second-order valence-corrected chi connectivity index (χ2v) is 10.8. The topological polar surface area (TPSA) is 94.2 Å². The Morgan fingerprint density at radius 2 is 1.77 bits per heavy atom. The van der Waals surface area contributed by atoms with Crippen molar-refractivity contribution in [2.45, 2.75) is 38.0 Å². The van der Waals surface area contributed by atoms with Gasteiger partial charge in [-0.25, -0.2) is 4.79 Å². The minimum Gasteiger partial charge on any atom is -0.379 e. The molecule has 3 heterocycles. The number of likely N-dealkylation sites (N-methyl/N-ethyl adjacent to an activating group) is 1. The second kappa shape index (κ2) is 13.2. The van der Waals surface area contributed by atoms with Gasteiger partial charge in [-0.15, -0.1) is 0 Å². The van der Waals surface area contributed by atoms with Gasteiger partial charge in [0, 0.05) is 32.6 Å². The van der Waals surface area contributed by atoms with E-state index in [0.29, 0.717) is 31.9 Å². The zero-order valence-electron chi connectivity index (χ0n) is 24.0. The smallest absolute Gasteiger partial charge is 0.379 e. The maximum absolute atomic E-state index is 14.1. The average Bonchev–Trinajstić information content (AvgIpc) is 3.34. The number of nitrogens with one attached hydrogen (secondary N) is 2. The van der Waals surface area contributed by atoms with Gasteiger partial charge in [0.1, 0.15) is 6.04 Å². The molecule has 5 rings (SSSR count). The number of carbonyl (C=O) groups is 3. The monoisotopic (exact) mass is 599 g/mol. The molecule has 3 aliphatic rings. The standard InChI is InChI=1S/C31H36F3N5O4/c1-2-38-25-20-39(29(41)26(25)27(36-30(38)42)22-11-6-7-12-23(22)31(32,33)34)24(19-21-9-4-3-5-10-21)28(40)35-13-8-14-37-15-17-43-18-16-37/h3-7,9-12,24,27H,2,8,13-20H2,1H3,(H,35,40)(H,36,42). The van der Waals surface area contributed by atoms with Crippen LogP contribution in [0, 0.1) is 0 Å². The third-order valence-electron chi connectivity index (χ3n) is 8.15. The van der Waals surface area contributed by atoms with Gasteiger partial charge in [0.05, 0.1) is 42.6 Å². The van der Waals surface area contributed by atoms with E-state index in [0.717, 1.165) is 31.3 Å². The molecule has 2 aromatic rings. The van der Waals surface area contributed by atoms with Crippen LogP contribution in [0.3, 0.4) is 0 Å². The van der Waals surface area contributed by atoms with Crippen LogP contribution >= 0.6 is 0 Å². The van der Waals surface area contributed by atoms with Crippen LogP contribution in [0.15, 0.2) is 65.9 Å². The molecule has 1 fully saturated rings. The van der Waals surface area contributed by atoms with E-state index in [1.54, 1.807) is 6.92 Å². The summed E-state index contributed by atoms with van der Waals surface area (Å²) in [5.41, 5.74) is 0.0538. The highest BCUT2D eigenvalue weighted by Gasteiger charge is 2.48. The maximum Gasteiger partial charge on any atom is 0.416 e. The Bertz CT molecular complexity index is 1360. The van der Waals surface area contributed by atoms with E-state index in [-0.39, 0.29) is 36.6 Å². The number of carbonyl (C=O) groups excluding carboxylic acids is 3. The first-order chi connectivity index (χ1) is 20.7. The highest BCUT2D eigenvalue weighted by molar-refractivity contribution is 6.03. The van der Waals surface area contributed by atoms with Gasteiger partial charge in [-0.2, -0.15) is 13.2 Å². The third-order valence-corrected chi connectivity index (χ3v) is 8.15. The van der Waals surface area contributed by atoms with Gasteiger partial charge in [-0.1, -0.05) is 48.5 Å². The van der Waals surface area contributed by atoms with Crippen molar-refractivity contribution >= 4 is 17.8 Å². The zero-order valence-corrected chi connectivity index (χ0v) is 24.0. The van der Waals surface area contributed by atoms with Crippen LogP contribution in [0.4, 0.5) is 18.0 Å². The summed E-state index contributed by atoms with van der Waals surface area (Å²) in [4.78, 5) is 45.9. The summed E-state index contributed by atoms with van der Waals surface area (Å²) in [5, 5.41) is 5.60. The van der Waals surface area contributed by atoms with Crippen molar-refractivity contribution in [3.05, 3.63) is 82.6 Å². The van der Waals surface area contributed by atoms with E-state index in [9.17, 15) is 27.6 Å². The molecule has 2 N–H and O–H groups in total. The van der Waals surface area contributed by atoms with Crippen LogP contribution in [0.5, 0.6) is 0 Å². The molecule has 2 unspecified atom stereocenters.